The lowest BCUT2D eigenvalue weighted by molar-refractivity contribution is -0.132. The molecule has 28 heavy (non-hydrogen) atoms. The van der Waals surface area contributed by atoms with E-state index in [0.717, 1.165) is 4.47 Å². The van der Waals surface area contributed by atoms with Crippen molar-refractivity contribution in [2.24, 2.45) is 4.99 Å². The summed E-state index contributed by atoms with van der Waals surface area (Å²) >= 11 is 6.80. The first-order valence-electron chi connectivity index (χ1n) is 8.31. The van der Waals surface area contributed by atoms with Crippen molar-refractivity contribution in [3.05, 3.63) is 62.2 Å². The second kappa shape index (κ2) is 8.70. The Labute approximate surface area is 178 Å². The lowest BCUT2D eigenvalue weighted by atomic mass is 10.1. The second-order valence-corrected chi connectivity index (χ2v) is 7.38. The van der Waals surface area contributed by atoms with Crippen LogP contribution in [-0.2, 0) is 14.3 Å². The van der Waals surface area contributed by atoms with Gasteiger partial charge < -0.3 is 14.2 Å². The van der Waals surface area contributed by atoms with E-state index in [2.05, 4.69) is 36.9 Å². The first-order chi connectivity index (χ1) is 13.4. The van der Waals surface area contributed by atoms with E-state index in [-0.39, 0.29) is 17.3 Å². The molecule has 1 aliphatic heterocycles. The molecule has 0 spiro atoms. The molecule has 6 nitrogen and oxygen atoms in total. The zero-order chi connectivity index (χ0) is 20.3. The molecule has 0 fully saturated rings. The Kier molecular flexibility index (Phi) is 6.31. The SMILES string of the molecule is CCOc1cc(/C=C2\N=C(c3ccccc3Br)OC2=O)cc(Br)c1OC(C)=O. The fraction of sp³-hybridized carbons (Fsp3) is 0.150. The van der Waals surface area contributed by atoms with E-state index < -0.39 is 11.9 Å². The van der Waals surface area contributed by atoms with Crippen LogP contribution in [-0.4, -0.2) is 24.4 Å². The third-order valence-corrected chi connectivity index (χ3v) is 4.89. The molecular formula is C20H15Br2NO5. The van der Waals surface area contributed by atoms with Gasteiger partial charge in [-0.25, -0.2) is 9.79 Å². The van der Waals surface area contributed by atoms with Crippen molar-refractivity contribution in [2.45, 2.75) is 13.8 Å². The van der Waals surface area contributed by atoms with Crippen LogP contribution in [0.2, 0.25) is 0 Å². The van der Waals surface area contributed by atoms with Crippen molar-refractivity contribution in [1.29, 1.82) is 0 Å². The number of carbonyl (C=O) groups excluding carboxylic acids is 2. The van der Waals surface area contributed by atoms with Gasteiger partial charge in [0, 0.05) is 11.4 Å². The molecule has 0 radical (unpaired) electrons. The molecule has 1 aliphatic rings. The number of aliphatic imine (C=N–C) groups is 1. The molecule has 144 valence electrons. The average molecular weight is 509 g/mol. The third-order valence-electron chi connectivity index (χ3n) is 3.61. The molecular weight excluding hydrogens is 494 g/mol. The number of cyclic esters (lactones) is 1. The van der Waals surface area contributed by atoms with Crippen LogP contribution in [0, 0.1) is 0 Å². The molecule has 0 amide bonds. The summed E-state index contributed by atoms with van der Waals surface area (Å²) < 4.78 is 17.4. The van der Waals surface area contributed by atoms with Crippen molar-refractivity contribution in [3.8, 4) is 11.5 Å². The van der Waals surface area contributed by atoms with Gasteiger partial charge in [0.2, 0.25) is 5.90 Å². The summed E-state index contributed by atoms with van der Waals surface area (Å²) in [4.78, 5) is 27.9. The number of halogens is 2. The van der Waals surface area contributed by atoms with Crippen LogP contribution in [0.25, 0.3) is 6.08 Å². The zero-order valence-electron chi connectivity index (χ0n) is 15.0. The summed E-state index contributed by atoms with van der Waals surface area (Å²) in [5.41, 5.74) is 1.47. The monoisotopic (exact) mass is 507 g/mol. The van der Waals surface area contributed by atoms with Gasteiger partial charge in [-0.15, -0.1) is 0 Å². The van der Waals surface area contributed by atoms with Gasteiger partial charge in [-0.1, -0.05) is 12.1 Å². The van der Waals surface area contributed by atoms with Crippen LogP contribution in [0.5, 0.6) is 11.5 Å². The van der Waals surface area contributed by atoms with E-state index in [1.54, 1.807) is 24.3 Å². The number of carbonyl (C=O) groups is 2. The number of esters is 2. The van der Waals surface area contributed by atoms with Crippen molar-refractivity contribution >= 4 is 55.8 Å². The van der Waals surface area contributed by atoms with Gasteiger partial charge in [-0.05, 0) is 74.7 Å². The van der Waals surface area contributed by atoms with Crippen LogP contribution in [0.3, 0.4) is 0 Å². The molecule has 2 aromatic carbocycles. The molecule has 8 heteroatoms. The number of hydrogen-bond donors (Lipinski definition) is 0. The molecule has 3 rings (SSSR count). The van der Waals surface area contributed by atoms with E-state index in [9.17, 15) is 9.59 Å². The van der Waals surface area contributed by atoms with Gasteiger partial charge in [0.05, 0.1) is 16.6 Å². The summed E-state index contributed by atoms with van der Waals surface area (Å²) in [7, 11) is 0. The summed E-state index contributed by atoms with van der Waals surface area (Å²) in [6.45, 7) is 3.51. The third kappa shape index (κ3) is 4.51. The number of benzene rings is 2. The van der Waals surface area contributed by atoms with Crippen molar-refractivity contribution < 1.29 is 23.8 Å². The largest absolute Gasteiger partial charge is 0.490 e. The van der Waals surface area contributed by atoms with Crippen LogP contribution in [0.4, 0.5) is 0 Å². The van der Waals surface area contributed by atoms with Gasteiger partial charge >= 0.3 is 11.9 Å². The summed E-state index contributed by atoms with van der Waals surface area (Å²) in [6, 6.07) is 10.7. The van der Waals surface area contributed by atoms with Gasteiger partial charge in [0.1, 0.15) is 0 Å². The molecule has 1 heterocycles. The molecule has 0 bridgehead atoms. The fourth-order valence-corrected chi connectivity index (χ4v) is 3.49. The minimum atomic E-state index is -0.552. The molecule has 0 aliphatic carbocycles. The Morgan fingerprint density at radius 1 is 1.21 bits per heavy atom. The Balaban J connectivity index is 1.99. The van der Waals surface area contributed by atoms with E-state index in [1.165, 1.54) is 6.92 Å². The molecule has 0 saturated carbocycles. The maximum atomic E-state index is 12.2. The first kappa shape index (κ1) is 20.3. The highest BCUT2D eigenvalue weighted by Gasteiger charge is 2.25. The van der Waals surface area contributed by atoms with Crippen molar-refractivity contribution in [2.75, 3.05) is 6.61 Å². The van der Waals surface area contributed by atoms with Crippen LogP contribution < -0.4 is 9.47 Å². The predicted molar refractivity (Wildman–Crippen MR) is 111 cm³/mol. The predicted octanol–water partition coefficient (Wildman–Crippen LogP) is 4.88. The van der Waals surface area contributed by atoms with Crippen LogP contribution >= 0.6 is 31.9 Å². The van der Waals surface area contributed by atoms with Gasteiger partial charge in [0.15, 0.2) is 17.2 Å². The van der Waals surface area contributed by atoms with E-state index in [1.807, 2.05) is 25.1 Å². The lowest BCUT2D eigenvalue weighted by Gasteiger charge is -2.12. The fourth-order valence-electron chi connectivity index (χ4n) is 2.49. The Morgan fingerprint density at radius 3 is 2.64 bits per heavy atom. The van der Waals surface area contributed by atoms with Gasteiger partial charge in [-0.3, -0.25) is 4.79 Å². The van der Waals surface area contributed by atoms with Crippen LogP contribution in [0.1, 0.15) is 25.0 Å². The topological polar surface area (TPSA) is 74.2 Å². The number of hydrogen-bond acceptors (Lipinski definition) is 6. The maximum Gasteiger partial charge on any atom is 0.363 e. The minimum absolute atomic E-state index is 0.153. The lowest BCUT2D eigenvalue weighted by Crippen LogP contribution is -2.06. The van der Waals surface area contributed by atoms with Crippen molar-refractivity contribution in [3.63, 3.8) is 0 Å². The van der Waals surface area contributed by atoms with Gasteiger partial charge in [-0.2, -0.15) is 0 Å². The molecule has 2 aromatic rings. The smallest absolute Gasteiger partial charge is 0.363 e. The number of ether oxygens (including phenoxy) is 3. The van der Waals surface area contributed by atoms with E-state index in [4.69, 9.17) is 14.2 Å². The highest BCUT2D eigenvalue weighted by Crippen LogP contribution is 2.38. The van der Waals surface area contributed by atoms with Gasteiger partial charge in [0.25, 0.3) is 0 Å². The van der Waals surface area contributed by atoms with Crippen molar-refractivity contribution in [1.82, 2.24) is 0 Å². The summed E-state index contributed by atoms with van der Waals surface area (Å²) in [5, 5.41) is 0. The quantitative estimate of drug-likeness (QED) is 0.327. The first-order valence-corrected chi connectivity index (χ1v) is 9.90. The summed E-state index contributed by atoms with van der Waals surface area (Å²) in [5.74, 6) is -0.133. The molecule has 0 aromatic heterocycles. The highest BCUT2D eigenvalue weighted by atomic mass is 79.9. The Hall–Kier alpha value is -2.45. The second-order valence-electron chi connectivity index (χ2n) is 5.67. The normalized spacial score (nSPS) is 14.6. The minimum Gasteiger partial charge on any atom is -0.490 e. The molecule has 0 unspecified atom stereocenters. The summed E-state index contributed by atoms with van der Waals surface area (Å²) in [6.07, 6.45) is 1.58. The number of rotatable bonds is 5. The highest BCUT2D eigenvalue weighted by molar-refractivity contribution is 9.10. The standard InChI is InChI=1S/C20H15Br2NO5/c1-3-26-17-10-12(8-15(22)18(17)27-11(2)24)9-16-20(25)28-19(23-16)13-6-4-5-7-14(13)21/h4-10H,3H2,1-2H3/b16-9-. The Morgan fingerprint density at radius 2 is 1.96 bits per heavy atom. The van der Waals surface area contributed by atoms with E-state index in [0.29, 0.717) is 28.0 Å². The molecule has 0 saturated heterocycles. The molecule has 0 atom stereocenters. The zero-order valence-corrected chi connectivity index (χ0v) is 18.2. The average Bonchev–Trinajstić information content (AvgIpc) is 2.99. The Bertz CT molecular complexity index is 1010. The molecule has 0 N–H and O–H groups in total. The van der Waals surface area contributed by atoms with Crippen LogP contribution in [0.15, 0.2) is 56.0 Å². The maximum absolute atomic E-state index is 12.2. The number of nitrogens with zero attached hydrogens (tertiary/aromatic N) is 1. The van der Waals surface area contributed by atoms with E-state index >= 15 is 0 Å².